The van der Waals surface area contributed by atoms with Crippen LogP contribution in [0.4, 0.5) is 0 Å². The van der Waals surface area contributed by atoms with E-state index in [0.717, 1.165) is 12.8 Å². The number of hydrogen-bond acceptors (Lipinski definition) is 5. The molecule has 1 amide bonds. The lowest BCUT2D eigenvalue weighted by Crippen LogP contribution is -2.36. The lowest BCUT2D eigenvalue weighted by molar-refractivity contribution is 0.0815. The van der Waals surface area contributed by atoms with E-state index in [4.69, 9.17) is 0 Å². The monoisotopic (exact) mass is 291 g/mol. The first-order valence-corrected chi connectivity index (χ1v) is 7.20. The average molecular weight is 291 g/mol. The third-order valence-electron chi connectivity index (χ3n) is 3.86. The summed E-state index contributed by atoms with van der Waals surface area (Å²) in [7, 11) is 0. The highest BCUT2D eigenvalue weighted by Crippen LogP contribution is 2.13. The van der Waals surface area contributed by atoms with Crippen LogP contribution in [0.25, 0.3) is 5.78 Å². The number of aryl methyl sites for hydroxylation is 1. The van der Waals surface area contributed by atoms with Gasteiger partial charge in [-0.05, 0) is 12.8 Å². The first-order chi connectivity index (χ1) is 10.1. The van der Waals surface area contributed by atoms with Crippen LogP contribution in [0.15, 0.2) is 12.5 Å². The van der Waals surface area contributed by atoms with Gasteiger partial charge >= 0.3 is 0 Å². The molecule has 2 aromatic rings. The van der Waals surface area contributed by atoms with E-state index in [0.29, 0.717) is 17.0 Å². The van der Waals surface area contributed by atoms with Gasteiger partial charge in [0.1, 0.15) is 6.33 Å². The Kier molecular flexibility index (Phi) is 4.85. The van der Waals surface area contributed by atoms with E-state index in [-0.39, 0.29) is 18.4 Å². The second-order valence-electron chi connectivity index (χ2n) is 5.08. The first-order valence-electron chi connectivity index (χ1n) is 7.20. The fourth-order valence-corrected chi connectivity index (χ4v) is 2.40. The molecule has 2 N–H and O–H groups in total. The molecule has 1 atom stereocenters. The Morgan fingerprint density at radius 2 is 2.10 bits per heavy atom. The van der Waals surface area contributed by atoms with Gasteiger partial charge in [-0.25, -0.2) is 9.50 Å². The second-order valence-corrected chi connectivity index (χ2v) is 5.08. The fraction of sp³-hybridized carbons (Fsp3) is 0.571. The second kappa shape index (κ2) is 6.62. The Balaban J connectivity index is 2.07. The summed E-state index contributed by atoms with van der Waals surface area (Å²) in [6.45, 7) is 6.09. The van der Waals surface area contributed by atoms with Crippen molar-refractivity contribution in [3.05, 3.63) is 23.8 Å². The van der Waals surface area contributed by atoms with Crippen molar-refractivity contribution in [2.45, 2.75) is 39.7 Å². The summed E-state index contributed by atoms with van der Waals surface area (Å²) in [5.41, 5.74) is 1.11. The van der Waals surface area contributed by atoms with Gasteiger partial charge in [0.05, 0.1) is 17.4 Å². The van der Waals surface area contributed by atoms with Crippen molar-refractivity contribution >= 4 is 11.7 Å². The average Bonchev–Trinajstić information content (AvgIpc) is 2.96. The highest BCUT2D eigenvalue weighted by molar-refractivity contribution is 5.95. The molecule has 0 saturated carbocycles. The van der Waals surface area contributed by atoms with Gasteiger partial charge in [0.15, 0.2) is 0 Å². The third kappa shape index (κ3) is 3.18. The molecule has 2 aromatic heterocycles. The Morgan fingerprint density at radius 3 is 2.76 bits per heavy atom. The number of nitrogens with zero attached hydrogens (tertiary/aromatic N) is 4. The minimum absolute atomic E-state index is 0.197. The molecular weight excluding hydrogens is 270 g/mol. The smallest absolute Gasteiger partial charge is 0.254 e. The molecule has 2 heterocycles. The number of hydrogen-bond donors (Lipinski definition) is 2. The van der Waals surface area contributed by atoms with Crippen LogP contribution in [0.5, 0.6) is 0 Å². The molecule has 0 aromatic carbocycles. The highest BCUT2D eigenvalue weighted by atomic mass is 16.3. The number of nitrogens with one attached hydrogen (secondary N) is 1. The van der Waals surface area contributed by atoms with E-state index < -0.39 is 6.10 Å². The maximum Gasteiger partial charge on any atom is 0.254 e. The molecule has 2 rings (SSSR count). The van der Waals surface area contributed by atoms with Crippen molar-refractivity contribution in [3.8, 4) is 0 Å². The third-order valence-corrected chi connectivity index (χ3v) is 3.86. The molecule has 0 radical (unpaired) electrons. The van der Waals surface area contributed by atoms with Gasteiger partial charge in [-0.3, -0.25) is 4.79 Å². The zero-order valence-electron chi connectivity index (χ0n) is 12.6. The molecular formula is C14H21N5O2. The van der Waals surface area contributed by atoms with Crippen molar-refractivity contribution in [1.82, 2.24) is 24.9 Å². The van der Waals surface area contributed by atoms with Crippen molar-refractivity contribution in [3.63, 3.8) is 0 Å². The molecule has 0 spiro atoms. The van der Waals surface area contributed by atoms with Crippen LogP contribution < -0.4 is 5.32 Å². The maximum atomic E-state index is 12.2. The molecule has 0 saturated heterocycles. The largest absolute Gasteiger partial charge is 0.391 e. The van der Waals surface area contributed by atoms with Crippen LogP contribution in [0, 0.1) is 12.8 Å². The van der Waals surface area contributed by atoms with Gasteiger partial charge in [-0.1, -0.05) is 26.7 Å². The van der Waals surface area contributed by atoms with Crippen molar-refractivity contribution in [2.75, 3.05) is 6.54 Å². The van der Waals surface area contributed by atoms with Crippen molar-refractivity contribution in [2.24, 2.45) is 5.92 Å². The molecule has 0 aliphatic heterocycles. The van der Waals surface area contributed by atoms with Gasteiger partial charge in [-0.2, -0.15) is 10.1 Å². The van der Waals surface area contributed by atoms with Gasteiger partial charge in [0, 0.05) is 12.7 Å². The molecule has 1 unspecified atom stereocenters. The summed E-state index contributed by atoms with van der Waals surface area (Å²) in [4.78, 5) is 20.3. The number of carbonyl (C=O) groups is 1. The molecule has 0 aliphatic rings. The van der Waals surface area contributed by atoms with E-state index in [1.54, 1.807) is 6.92 Å². The predicted molar refractivity (Wildman–Crippen MR) is 77.9 cm³/mol. The molecule has 7 heteroatoms. The minimum atomic E-state index is -0.535. The normalized spacial score (nSPS) is 12.8. The number of aliphatic hydroxyl groups excluding tert-OH is 1. The van der Waals surface area contributed by atoms with E-state index >= 15 is 0 Å². The molecule has 114 valence electrons. The Labute approximate surface area is 123 Å². The lowest BCUT2D eigenvalue weighted by Gasteiger charge is -2.20. The maximum absolute atomic E-state index is 12.2. The van der Waals surface area contributed by atoms with E-state index in [1.165, 1.54) is 17.0 Å². The Hall–Kier alpha value is -2.02. The zero-order chi connectivity index (χ0) is 15.4. The minimum Gasteiger partial charge on any atom is -0.391 e. The van der Waals surface area contributed by atoms with Gasteiger partial charge in [0.2, 0.25) is 0 Å². The molecule has 0 aliphatic carbocycles. The highest BCUT2D eigenvalue weighted by Gasteiger charge is 2.18. The van der Waals surface area contributed by atoms with Crippen LogP contribution in [0.2, 0.25) is 0 Å². The predicted octanol–water partition coefficient (Wildman–Crippen LogP) is 0.960. The molecule has 0 fully saturated rings. The van der Waals surface area contributed by atoms with Crippen molar-refractivity contribution < 1.29 is 9.90 Å². The van der Waals surface area contributed by atoms with Gasteiger partial charge in [0.25, 0.3) is 11.7 Å². The fourth-order valence-electron chi connectivity index (χ4n) is 2.40. The number of rotatable bonds is 6. The topological polar surface area (TPSA) is 92.4 Å². The number of fused-ring (bicyclic) bond motifs is 1. The molecule has 0 bridgehead atoms. The van der Waals surface area contributed by atoms with Crippen LogP contribution in [0.3, 0.4) is 0 Å². The van der Waals surface area contributed by atoms with E-state index in [2.05, 4.69) is 20.4 Å². The number of amides is 1. The summed E-state index contributed by atoms with van der Waals surface area (Å²) < 4.78 is 1.52. The van der Waals surface area contributed by atoms with E-state index in [9.17, 15) is 9.90 Å². The summed E-state index contributed by atoms with van der Waals surface area (Å²) in [5, 5.41) is 16.8. The number of aromatic nitrogens is 4. The SMILES string of the molecule is CCC(CC)C(O)CNC(=O)c1cnc2ncnn2c1C. The Bertz CT molecular complexity index is 621. The van der Waals surface area contributed by atoms with Crippen LogP contribution >= 0.6 is 0 Å². The van der Waals surface area contributed by atoms with Crippen LogP contribution in [-0.2, 0) is 0 Å². The lowest BCUT2D eigenvalue weighted by atomic mass is 9.96. The summed E-state index contributed by atoms with van der Waals surface area (Å²) >= 11 is 0. The number of aliphatic hydroxyl groups is 1. The standard InChI is InChI=1S/C14H21N5O2/c1-4-10(5-2)12(20)7-15-13(21)11-6-16-14-17-8-18-19(14)9(11)3/h6,8,10,12,20H,4-5,7H2,1-3H3,(H,15,21). The Morgan fingerprint density at radius 1 is 1.38 bits per heavy atom. The molecule has 7 nitrogen and oxygen atoms in total. The quantitative estimate of drug-likeness (QED) is 0.827. The van der Waals surface area contributed by atoms with Crippen LogP contribution in [0.1, 0.15) is 42.7 Å². The van der Waals surface area contributed by atoms with E-state index in [1.807, 2.05) is 13.8 Å². The summed E-state index contributed by atoms with van der Waals surface area (Å²) in [6.07, 6.45) is 4.12. The van der Waals surface area contributed by atoms with Gasteiger partial charge < -0.3 is 10.4 Å². The number of carbonyl (C=O) groups excluding carboxylic acids is 1. The first kappa shape index (κ1) is 15.4. The van der Waals surface area contributed by atoms with Gasteiger partial charge in [-0.15, -0.1) is 0 Å². The van der Waals surface area contributed by atoms with Crippen molar-refractivity contribution in [1.29, 1.82) is 0 Å². The molecule has 21 heavy (non-hydrogen) atoms. The summed E-state index contributed by atoms with van der Waals surface area (Å²) in [6, 6.07) is 0. The van der Waals surface area contributed by atoms with Crippen LogP contribution in [-0.4, -0.2) is 43.2 Å². The summed E-state index contributed by atoms with van der Waals surface area (Å²) in [5.74, 6) is 0.394. The zero-order valence-corrected chi connectivity index (χ0v) is 12.6.